The van der Waals surface area contributed by atoms with Crippen LogP contribution < -0.4 is 5.73 Å². The molecule has 0 aliphatic carbocycles. The summed E-state index contributed by atoms with van der Waals surface area (Å²) in [6.07, 6.45) is 3.76. The summed E-state index contributed by atoms with van der Waals surface area (Å²) in [4.78, 5) is 0. The highest BCUT2D eigenvalue weighted by atomic mass is 19.1. The van der Waals surface area contributed by atoms with Crippen molar-refractivity contribution in [2.45, 2.75) is 37.3 Å². The van der Waals surface area contributed by atoms with Crippen LogP contribution in [-0.2, 0) is 15.9 Å². The minimum atomic E-state index is -0.199. The molecule has 2 heterocycles. The van der Waals surface area contributed by atoms with Crippen LogP contribution in [0.1, 0.15) is 24.8 Å². The first kappa shape index (κ1) is 14.0. The zero-order valence-electron chi connectivity index (χ0n) is 11.7. The van der Waals surface area contributed by atoms with Crippen LogP contribution in [-0.4, -0.2) is 31.5 Å². The summed E-state index contributed by atoms with van der Waals surface area (Å²) in [7, 11) is 0. The van der Waals surface area contributed by atoms with Gasteiger partial charge in [0.2, 0.25) is 0 Å². The van der Waals surface area contributed by atoms with E-state index in [2.05, 4.69) is 0 Å². The van der Waals surface area contributed by atoms with Crippen LogP contribution in [0.3, 0.4) is 0 Å². The summed E-state index contributed by atoms with van der Waals surface area (Å²) in [5, 5.41) is 0. The molecule has 3 atom stereocenters. The van der Waals surface area contributed by atoms with Crippen molar-refractivity contribution in [2.24, 2.45) is 11.7 Å². The molecule has 3 nitrogen and oxygen atoms in total. The molecule has 1 aromatic rings. The van der Waals surface area contributed by atoms with Crippen LogP contribution in [0.4, 0.5) is 4.39 Å². The van der Waals surface area contributed by atoms with Crippen LogP contribution in [0.5, 0.6) is 0 Å². The summed E-state index contributed by atoms with van der Waals surface area (Å²) < 4.78 is 24.3. The summed E-state index contributed by atoms with van der Waals surface area (Å²) >= 11 is 0. The van der Waals surface area contributed by atoms with Crippen molar-refractivity contribution < 1.29 is 13.9 Å². The molecule has 0 bridgehead atoms. The molecule has 20 heavy (non-hydrogen) atoms. The highest BCUT2D eigenvalue weighted by Crippen LogP contribution is 2.37. The molecule has 0 saturated carbocycles. The second-order valence-electron chi connectivity index (χ2n) is 6.08. The average Bonchev–Trinajstić information content (AvgIpc) is 2.89. The second-order valence-corrected chi connectivity index (χ2v) is 6.08. The quantitative estimate of drug-likeness (QED) is 0.923. The van der Waals surface area contributed by atoms with Gasteiger partial charge in [-0.25, -0.2) is 4.39 Å². The molecule has 4 heteroatoms. The van der Waals surface area contributed by atoms with Gasteiger partial charge in [-0.1, -0.05) is 12.1 Å². The lowest BCUT2D eigenvalue weighted by molar-refractivity contribution is -0.101. The third kappa shape index (κ3) is 3.03. The van der Waals surface area contributed by atoms with E-state index in [-0.39, 0.29) is 17.5 Å². The molecule has 2 aliphatic rings. The Balaban J connectivity index is 1.61. The number of halogens is 1. The Kier molecular flexibility index (Phi) is 4.06. The van der Waals surface area contributed by atoms with Gasteiger partial charge in [-0.15, -0.1) is 0 Å². The van der Waals surface area contributed by atoms with Crippen LogP contribution in [0.2, 0.25) is 0 Å². The van der Waals surface area contributed by atoms with E-state index < -0.39 is 0 Å². The van der Waals surface area contributed by atoms with Crippen molar-refractivity contribution in [1.82, 2.24) is 0 Å². The lowest BCUT2D eigenvalue weighted by Crippen LogP contribution is -2.46. The molecule has 2 aliphatic heterocycles. The van der Waals surface area contributed by atoms with Gasteiger partial charge < -0.3 is 15.2 Å². The monoisotopic (exact) mass is 279 g/mol. The molecule has 2 fully saturated rings. The Morgan fingerprint density at radius 2 is 2.10 bits per heavy atom. The van der Waals surface area contributed by atoms with Gasteiger partial charge in [-0.2, -0.15) is 0 Å². The third-order valence-corrected chi connectivity index (χ3v) is 4.59. The van der Waals surface area contributed by atoms with Crippen LogP contribution >= 0.6 is 0 Å². The molecule has 0 radical (unpaired) electrons. The predicted octanol–water partition coefficient (Wildman–Crippen LogP) is 2.28. The van der Waals surface area contributed by atoms with Gasteiger partial charge in [-0.05, 0) is 42.9 Å². The average molecular weight is 279 g/mol. The smallest absolute Gasteiger partial charge is 0.123 e. The largest absolute Gasteiger partial charge is 0.378 e. The van der Waals surface area contributed by atoms with E-state index in [4.69, 9.17) is 15.2 Å². The van der Waals surface area contributed by atoms with E-state index in [0.29, 0.717) is 12.5 Å². The summed E-state index contributed by atoms with van der Waals surface area (Å²) in [6, 6.07) is 6.74. The fourth-order valence-electron chi connectivity index (χ4n) is 3.35. The topological polar surface area (TPSA) is 44.5 Å². The van der Waals surface area contributed by atoms with Crippen LogP contribution in [0.15, 0.2) is 24.3 Å². The van der Waals surface area contributed by atoms with Crippen molar-refractivity contribution in [1.29, 1.82) is 0 Å². The van der Waals surface area contributed by atoms with Gasteiger partial charge in [-0.3, -0.25) is 0 Å². The van der Waals surface area contributed by atoms with Gasteiger partial charge in [0.25, 0.3) is 0 Å². The number of hydrogen-bond donors (Lipinski definition) is 1. The fourth-order valence-corrected chi connectivity index (χ4v) is 3.35. The molecular formula is C16H22FNO2. The van der Waals surface area contributed by atoms with Gasteiger partial charge in [0, 0.05) is 25.7 Å². The normalized spacial score (nSPS) is 31.6. The molecule has 1 spiro atoms. The van der Waals surface area contributed by atoms with Gasteiger partial charge in [0.15, 0.2) is 0 Å². The maximum Gasteiger partial charge on any atom is 0.123 e. The standard InChI is InChI=1S/C16H22FNO2/c17-14-3-1-12(2-4-14)9-15(18)13-5-7-20-16(10-13)6-8-19-11-16/h1-4,13,15H,5-11,18H2. The molecular weight excluding hydrogens is 257 g/mol. The van der Waals surface area contributed by atoms with E-state index in [0.717, 1.165) is 44.5 Å². The maximum absolute atomic E-state index is 12.9. The van der Waals surface area contributed by atoms with Crippen LogP contribution in [0, 0.1) is 11.7 Å². The first-order valence-corrected chi connectivity index (χ1v) is 7.39. The number of rotatable bonds is 3. The van der Waals surface area contributed by atoms with Gasteiger partial charge in [0.1, 0.15) is 5.82 Å². The summed E-state index contributed by atoms with van der Waals surface area (Å²) in [5.74, 6) is 0.256. The van der Waals surface area contributed by atoms with E-state index in [1.807, 2.05) is 12.1 Å². The van der Waals surface area contributed by atoms with Crippen LogP contribution in [0.25, 0.3) is 0 Å². The first-order valence-electron chi connectivity index (χ1n) is 7.39. The molecule has 3 unspecified atom stereocenters. The molecule has 110 valence electrons. The van der Waals surface area contributed by atoms with E-state index >= 15 is 0 Å². The Morgan fingerprint density at radius 3 is 2.80 bits per heavy atom. The molecule has 2 N–H and O–H groups in total. The molecule has 0 aromatic heterocycles. The maximum atomic E-state index is 12.9. The van der Waals surface area contributed by atoms with Crippen molar-refractivity contribution in [3.05, 3.63) is 35.6 Å². The second kappa shape index (κ2) is 5.80. The lowest BCUT2D eigenvalue weighted by atomic mass is 9.80. The molecule has 3 rings (SSSR count). The minimum Gasteiger partial charge on any atom is -0.378 e. The van der Waals surface area contributed by atoms with E-state index in [1.165, 1.54) is 12.1 Å². The first-order chi connectivity index (χ1) is 9.67. The third-order valence-electron chi connectivity index (χ3n) is 4.59. The zero-order valence-corrected chi connectivity index (χ0v) is 11.7. The predicted molar refractivity (Wildman–Crippen MR) is 74.9 cm³/mol. The molecule has 1 aromatic carbocycles. The number of benzene rings is 1. The summed E-state index contributed by atoms with van der Waals surface area (Å²) in [5.41, 5.74) is 7.38. The van der Waals surface area contributed by atoms with Crippen molar-refractivity contribution >= 4 is 0 Å². The fraction of sp³-hybridized carbons (Fsp3) is 0.625. The van der Waals surface area contributed by atoms with E-state index in [1.54, 1.807) is 0 Å². The Bertz CT molecular complexity index is 442. The highest BCUT2D eigenvalue weighted by Gasteiger charge is 2.42. The molecule has 0 amide bonds. The SMILES string of the molecule is NC(Cc1ccc(F)cc1)C1CCOC2(CCOC2)C1. The Labute approximate surface area is 119 Å². The van der Waals surface area contributed by atoms with Crippen molar-refractivity contribution in [3.8, 4) is 0 Å². The van der Waals surface area contributed by atoms with E-state index in [9.17, 15) is 4.39 Å². The van der Waals surface area contributed by atoms with Gasteiger partial charge >= 0.3 is 0 Å². The van der Waals surface area contributed by atoms with Crippen molar-refractivity contribution in [2.75, 3.05) is 19.8 Å². The Hall–Kier alpha value is -0.970. The number of hydrogen-bond acceptors (Lipinski definition) is 3. The van der Waals surface area contributed by atoms with Crippen molar-refractivity contribution in [3.63, 3.8) is 0 Å². The number of nitrogens with two attached hydrogens (primary N) is 1. The Morgan fingerprint density at radius 1 is 1.30 bits per heavy atom. The number of ether oxygens (including phenoxy) is 2. The highest BCUT2D eigenvalue weighted by molar-refractivity contribution is 5.17. The lowest BCUT2D eigenvalue weighted by Gasteiger charge is -2.39. The zero-order chi connectivity index (χ0) is 14.0. The van der Waals surface area contributed by atoms with Gasteiger partial charge in [0.05, 0.1) is 12.2 Å². The minimum absolute atomic E-state index is 0.0939. The molecule has 2 saturated heterocycles. The summed E-state index contributed by atoms with van der Waals surface area (Å²) in [6.45, 7) is 2.26.